The molecule has 162 valence electrons. The second kappa shape index (κ2) is 8.53. The summed E-state index contributed by atoms with van der Waals surface area (Å²) < 4.78 is 5.17. The minimum absolute atomic E-state index is 0.0133. The van der Waals surface area contributed by atoms with Crippen molar-refractivity contribution < 1.29 is 9.53 Å². The van der Waals surface area contributed by atoms with E-state index in [-0.39, 0.29) is 17.8 Å². The van der Waals surface area contributed by atoms with E-state index in [1.807, 2.05) is 6.92 Å². The quantitative estimate of drug-likeness (QED) is 0.736. The lowest BCUT2D eigenvalue weighted by Crippen LogP contribution is -2.58. The van der Waals surface area contributed by atoms with Gasteiger partial charge in [0, 0.05) is 24.5 Å². The molecule has 8 heteroatoms. The van der Waals surface area contributed by atoms with Crippen molar-refractivity contribution in [2.24, 2.45) is 27.4 Å². The average molecular weight is 413 g/mol. The first-order valence-corrected chi connectivity index (χ1v) is 11.0. The van der Waals surface area contributed by atoms with E-state index < -0.39 is 5.66 Å². The Kier molecular flexibility index (Phi) is 5.83. The molecule has 1 spiro atoms. The van der Waals surface area contributed by atoms with Crippen LogP contribution in [0.4, 0.5) is 11.4 Å². The zero-order chi connectivity index (χ0) is 21.1. The summed E-state index contributed by atoms with van der Waals surface area (Å²) >= 11 is 0. The van der Waals surface area contributed by atoms with Gasteiger partial charge in [-0.15, -0.1) is 0 Å². The Bertz CT molecular complexity index is 821. The first kappa shape index (κ1) is 20.5. The number of esters is 1. The zero-order valence-electron chi connectivity index (χ0n) is 17.7. The molecule has 30 heavy (non-hydrogen) atoms. The van der Waals surface area contributed by atoms with Gasteiger partial charge in [-0.25, -0.2) is 4.99 Å². The van der Waals surface area contributed by atoms with Crippen LogP contribution in [-0.4, -0.2) is 43.2 Å². The van der Waals surface area contributed by atoms with Crippen molar-refractivity contribution in [3.8, 4) is 0 Å². The third kappa shape index (κ3) is 3.95. The van der Waals surface area contributed by atoms with Gasteiger partial charge >= 0.3 is 5.97 Å². The molecule has 1 saturated carbocycles. The highest BCUT2D eigenvalue weighted by atomic mass is 16.5. The fraction of sp³-hybridized carbons (Fsp3) is 0.591. The van der Waals surface area contributed by atoms with Crippen LogP contribution in [0.1, 0.15) is 51.9 Å². The van der Waals surface area contributed by atoms with E-state index in [0.717, 1.165) is 63.0 Å². The van der Waals surface area contributed by atoms with Crippen molar-refractivity contribution in [1.29, 1.82) is 0 Å². The lowest BCUT2D eigenvalue weighted by molar-refractivity contribution is -0.148. The van der Waals surface area contributed by atoms with Gasteiger partial charge in [0.05, 0.1) is 12.5 Å². The number of aliphatic imine (C=N–C) groups is 2. The summed E-state index contributed by atoms with van der Waals surface area (Å²) in [6.07, 6.45) is 6.91. The molecule has 1 aromatic carbocycles. The van der Waals surface area contributed by atoms with Crippen molar-refractivity contribution in [2.75, 3.05) is 29.5 Å². The highest BCUT2D eigenvalue weighted by Crippen LogP contribution is 2.40. The molecule has 0 radical (unpaired) electrons. The van der Waals surface area contributed by atoms with E-state index in [1.54, 1.807) is 0 Å². The minimum Gasteiger partial charge on any atom is -0.466 e. The topological polar surface area (TPSA) is 110 Å². The van der Waals surface area contributed by atoms with Gasteiger partial charge in [-0.05, 0) is 69.7 Å². The van der Waals surface area contributed by atoms with Gasteiger partial charge < -0.3 is 21.1 Å². The molecule has 8 nitrogen and oxygen atoms in total. The maximum Gasteiger partial charge on any atom is 0.309 e. The van der Waals surface area contributed by atoms with Crippen LogP contribution in [-0.2, 0) is 9.53 Å². The largest absolute Gasteiger partial charge is 0.466 e. The van der Waals surface area contributed by atoms with Crippen LogP contribution in [0.25, 0.3) is 0 Å². The normalized spacial score (nSPS) is 21.9. The summed E-state index contributed by atoms with van der Waals surface area (Å²) in [7, 11) is 0. The van der Waals surface area contributed by atoms with E-state index in [2.05, 4.69) is 39.1 Å². The van der Waals surface area contributed by atoms with Crippen molar-refractivity contribution in [3.05, 3.63) is 24.3 Å². The van der Waals surface area contributed by atoms with Crippen LogP contribution in [0.5, 0.6) is 0 Å². The molecule has 1 saturated heterocycles. The van der Waals surface area contributed by atoms with Crippen LogP contribution >= 0.6 is 0 Å². The third-order valence-corrected chi connectivity index (χ3v) is 6.44. The fourth-order valence-electron chi connectivity index (χ4n) is 4.94. The number of benzene rings is 1. The molecule has 1 aliphatic carbocycles. The lowest BCUT2D eigenvalue weighted by Gasteiger charge is -2.45. The van der Waals surface area contributed by atoms with Crippen LogP contribution < -0.4 is 21.3 Å². The van der Waals surface area contributed by atoms with E-state index >= 15 is 0 Å². The molecule has 4 rings (SSSR count). The number of ether oxygens (including phenoxy) is 1. The Morgan fingerprint density at radius 1 is 1.10 bits per heavy atom. The molecule has 3 aliphatic rings. The number of carbonyl (C=O) groups excluding carboxylic acids is 1. The van der Waals surface area contributed by atoms with Gasteiger partial charge in [-0.3, -0.25) is 9.69 Å². The van der Waals surface area contributed by atoms with Crippen LogP contribution in [0, 0.1) is 5.92 Å². The third-order valence-electron chi connectivity index (χ3n) is 6.44. The maximum atomic E-state index is 12.0. The average Bonchev–Trinajstić information content (AvgIpc) is 2.74. The summed E-state index contributed by atoms with van der Waals surface area (Å²) in [5, 5.41) is 0. The first-order valence-electron chi connectivity index (χ1n) is 11.0. The highest BCUT2D eigenvalue weighted by Gasteiger charge is 2.42. The van der Waals surface area contributed by atoms with Gasteiger partial charge in [0.2, 0.25) is 11.9 Å². The number of nitrogens with zero attached hydrogens (tertiary/aromatic N) is 4. The molecule has 2 heterocycles. The summed E-state index contributed by atoms with van der Waals surface area (Å²) in [6, 6.07) is 8.40. The smallest absolute Gasteiger partial charge is 0.309 e. The van der Waals surface area contributed by atoms with Gasteiger partial charge in [0.25, 0.3) is 0 Å². The van der Waals surface area contributed by atoms with Gasteiger partial charge in [-0.1, -0.05) is 6.42 Å². The number of rotatable bonds is 4. The van der Waals surface area contributed by atoms with Crippen molar-refractivity contribution in [2.45, 2.75) is 57.5 Å². The molecular weight excluding hydrogens is 380 g/mol. The number of piperidine rings is 1. The van der Waals surface area contributed by atoms with E-state index in [0.29, 0.717) is 12.6 Å². The second-order valence-electron chi connectivity index (χ2n) is 8.35. The maximum absolute atomic E-state index is 12.0. The zero-order valence-corrected chi connectivity index (χ0v) is 17.7. The first-order chi connectivity index (χ1) is 14.5. The number of carbonyl (C=O) groups is 1. The molecule has 1 aromatic rings. The predicted octanol–water partition coefficient (Wildman–Crippen LogP) is 2.58. The Morgan fingerprint density at radius 3 is 2.37 bits per heavy atom. The summed E-state index contributed by atoms with van der Waals surface area (Å²) in [4.78, 5) is 25.3. The number of anilines is 2. The van der Waals surface area contributed by atoms with E-state index in [1.165, 1.54) is 6.42 Å². The monoisotopic (exact) mass is 412 g/mol. The molecule has 0 atom stereocenters. The van der Waals surface area contributed by atoms with Crippen LogP contribution in [0.15, 0.2) is 34.3 Å². The van der Waals surface area contributed by atoms with Crippen LogP contribution in [0.3, 0.4) is 0 Å². The SMILES string of the molecule is CCOC(=O)C1CCN(c2ccc(N3C(N)=NC(N)=NC34CCCCC4)cc2)CC1. The summed E-state index contributed by atoms with van der Waals surface area (Å²) in [5.74, 6) is 0.628. The van der Waals surface area contributed by atoms with Crippen LogP contribution in [0.2, 0.25) is 0 Å². The molecule has 4 N–H and O–H groups in total. The number of hydrogen-bond acceptors (Lipinski definition) is 8. The van der Waals surface area contributed by atoms with Crippen molar-refractivity contribution >= 4 is 29.3 Å². The molecule has 0 aromatic heterocycles. The fourth-order valence-corrected chi connectivity index (χ4v) is 4.94. The number of guanidine groups is 2. The van der Waals surface area contributed by atoms with Gasteiger partial charge in [-0.2, -0.15) is 4.99 Å². The number of hydrogen-bond donors (Lipinski definition) is 2. The Hall–Kier alpha value is -2.77. The molecule has 2 fully saturated rings. The van der Waals surface area contributed by atoms with Crippen molar-refractivity contribution in [1.82, 2.24) is 0 Å². The Labute approximate surface area is 178 Å². The molecular formula is C22H32N6O2. The second-order valence-corrected chi connectivity index (χ2v) is 8.35. The molecule has 0 unspecified atom stereocenters. The summed E-state index contributed by atoms with van der Waals surface area (Å²) in [6.45, 7) is 3.99. The molecule has 2 aliphatic heterocycles. The van der Waals surface area contributed by atoms with E-state index in [9.17, 15) is 4.79 Å². The Balaban J connectivity index is 1.48. The molecule has 0 bridgehead atoms. The van der Waals surface area contributed by atoms with Gasteiger partial charge in [0.1, 0.15) is 5.66 Å². The van der Waals surface area contributed by atoms with E-state index in [4.69, 9.17) is 21.2 Å². The highest BCUT2D eigenvalue weighted by molar-refractivity contribution is 6.05. The standard InChI is InChI=1S/C22H32N6O2/c1-2-30-19(29)16-10-14-27(15-11-16)17-6-8-18(9-7-17)28-21(24)25-20(23)26-22(28)12-4-3-5-13-22/h6-9,16H,2-5,10-15H2,1H3,(H4,23,24,25,26). The van der Waals surface area contributed by atoms with Gasteiger partial charge in [0.15, 0.2) is 0 Å². The number of nitrogens with two attached hydrogens (primary N) is 2. The predicted molar refractivity (Wildman–Crippen MR) is 120 cm³/mol. The lowest BCUT2D eigenvalue weighted by atomic mass is 9.87. The Morgan fingerprint density at radius 2 is 1.73 bits per heavy atom. The summed E-state index contributed by atoms with van der Waals surface area (Å²) in [5.41, 5.74) is 14.0. The minimum atomic E-state index is -0.423. The van der Waals surface area contributed by atoms with Crippen molar-refractivity contribution in [3.63, 3.8) is 0 Å². The molecule has 0 amide bonds.